The first-order chi connectivity index (χ1) is 22.9. The molecule has 0 aliphatic heterocycles. The van der Waals surface area contributed by atoms with Gasteiger partial charge in [-0.2, -0.15) is 26.3 Å². The zero-order valence-electron chi connectivity index (χ0n) is 25.7. The van der Waals surface area contributed by atoms with Gasteiger partial charge >= 0.3 is 12.4 Å². The highest BCUT2D eigenvalue weighted by Crippen LogP contribution is 2.46. The predicted octanol–water partition coefficient (Wildman–Crippen LogP) is 12.2. The summed E-state index contributed by atoms with van der Waals surface area (Å²) in [4.78, 5) is 0. The fraction of sp³-hybridized carbons (Fsp3) is 0.100. The van der Waals surface area contributed by atoms with Crippen LogP contribution >= 0.6 is 0 Å². The minimum Gasteiger partial charge on any atom is -0.309 e. The second kappa shape index (κ2) is 10.5. The molecule has 0 saturated carbocycles. The van der Waals surface area contributed by atoms with Crippen LogP contribution in [0.2, 0.25) is 0 Å². The summed E-state index contributed by atoms with van der Waals surface area (Å²) in [7, 11) is 0. The Morgan fingerprint density at radius 3 is 1.17 bits per heavy atom. The summed E-state index contributed by atoms with van der Waals surface area (Å²) in [6.07, 6.45) is -9.84. The molecule has 0 atom stereocenters. The largest absolute Gasteiger partial charge is 0.417 e. The van der Waals surface area contributed by atoms with Crippen molar-refractivity contribution in [3.63, 3.8) is 0 Å². The van der Waals surface area contributed by atoms with E-state index in [2.05, 4.69) is 0 Å². The Kier molecular flexibility index (Phi) is 6.54. The second-order valence-corrected chi connectivity index (χ2v) is 12.2. The van der Waals surface area contributed by atoms with Gasteiger partial charge in [0.25, 0.3) is 0 Å². The van der Waals surface area contributed by atoms with Gasteiger partial charge in [-0.1, -0.05) is 59.7 Å². The van der Waals surface area contributed by atoms with E-state index >= 15 is 0 Å². The van der Waals surface area contributed by atoms with Crippen LogP contribution in [-0.2, 0) is 12.4 Å². The average Bonchev–Trinajstić information content (AvgIpc) is 3.55. The molecule has 6 aromatic carbocycles. The molecule has 2 aromatic heterocycles. The van der Waals surface area contributed by atoms with Gasteiger partial charge in [-0.3, -0.25) is 0 Å². The van der Waals surface area contributed by atoms with E-state index < -0.39 is 34.6 Å². The van der Waals surface area contributed by atoms with E-state index in [1.165, 1.54) is 24.3 Å². The van der Waals surface area contributed by atoms with E-state index in [4.69, 9.17) is 0 Å². The summed E-state index contributed by atoms with van der Waals surface area (Å²) < 4.78 is 91.9. The lowest BCUT2D eigenvalue weighted by molar-refractivity contribution is -0.139. The summed E-state index contributed by atoms with van der Waals surface area (Å²) in [6, 6.07) is 33.4. The Bertz CT molecular complexity index is 2390. The van der Waals surface area contributed by atoms with Gasteiger partial charge in [-0.05, 0) is 97.8 Å². The molecule has 0 spiro atoms. The Morgan fingerprint density at radius 1 is 0.396 bits per heavy atom. The van der Waals surface area contributed by atoms with E-state index in [9.17, 15) is 26.3 Å². The molecular formula is C40H26F6N2. The monoisotopic (exact) mass is 648 g/mol. The zero-order valence-corrected chi connectivity index (χ0v) is 25.7. The molecular weight excluding hydrogens is 622 g/mol. The molecule has 0 N–H and O–H groups in total. The van der Waals surface area contributed by atoms with Gasteiger partial charge in [-0.25, -0.2) is 0 Å². The van der Waals surface area contributed by atoms with Gasteiger partial charge in [-0.15, -0.1) is 0 Å². The first-order valence-electron chi connectivity index (χ1n) is 15.3. The van der Waals surface area contributed by atoms with Gasteiger partial charge in [0.05, 0.1) is 33.2 Å². The van der Waals surface area contributed by atoms with Crippen molar-refractivity contribution in [2.24, 2.45) is 0 Å². The van der Waals surface area contributed by atoms with Crippen molar-refractivity contribution in [3.05, 3.63) is 144 Å². The van der Waals surface area contributed by atoms with E-state index in [0.29, 0.717) is 11.4 Å². The molecule has 238 valence electrons. The number of aromatic nitrogens is 2. The third kappa shape index (κ3) is 4.66. The number of hydrogen-bond acceptors (Lipinski definition) is 0. The third-order valence-corrected chi connectivity index (χ3v) is 9.08. The molecule has 0 radical (unpaired) electrons. The highest BCUT2D eigenvalue weighted by Gasteiger charge is 2.39. The van der Waals surface area contributed by atoms with Crippen LogP contribution in [0, 0.1) is 13.8 Å². The molecule has 0 fully saturated rings. The molecule has 8 heteroatoms. The van der Waals surface area contributed by atoms with Crippen LogP contribution in [0.25, 0.3) is 66.1 Å². The molecule has 2 heterocycles. The lowest BCUT2D eigenvalue weighted by Gasteiger charge is -2.21. The predicted molar refractivity (Wildman–Crippen MR) is 180 cm³/mol. The lowest BCUT2D eigenvalue weighted by Crippen LogP contribution is -2.12. The molecule has 48 heavy (non-hydrogen) atoms. The summed E-state index contributed by atoms with van der Waals surface area (Å²) in [5.41, 5.74) is 2.17. The smallest absolute Gasteiger partial charge is 0.309 e. The molecule has 0 saturated heterocycles. The van der Waals surface area contributed by atoms with Crippen molar-refractivity contribution in [3.8, 4) is 22.5 Å². The molecule has 8 rings (SSSR count). The van der Waals surface area contributed by atoms with Gasteiger partial charge in [0.2, 0.25) is 0 Å². The minimum atomic E-state index is -4.92. The number of benzene rings is 6. The number of rotatable bonds is 3. The standard InChI is InChI=1S/C40H26F6N2/c1-23-11-17-37-31(19-23)27-7-3-5-9-35(27)47(37)25-13-15-33(39(41,42)43)29(21-25)30-22-26(14-16-34(30)40(44,45)46)48-36-10-6-4-8-28(36)32-20-24(2)12-18-38(32)48/h3-22H,1-2H3. The fourth-order valence-electron chi connectivity index (χ4n) is 7.01. The highest BCUT2D eigenvalue weighted by molar-refractivity contribution is 6.10. The van der Waals surface area contributed by atoms with Crippen LogP contribution in [0.1, 0.15) is 22.3 Å². The number of para-hydroxylation sites is 2. The summed E-state index contributed by atoms with van der Waals surface area (Å²) >= 11 is 0. The van der Waals surface area contributed by atoms with Gasteiger partial charge in [0.1, 0.15) is 0 Å². The van der Waals surface area contributed by atoms with Crippen LogP contribution in [0.3, 0.4) is 0 Å². The van der Waals surface area contributed by atoms with Crippen molar-refractivity contribution in [1.82, 2.24) is 9.13 Å². The fourth-order valence-corrected chi connectivity index (χ4v) is 7.01. The molecule has 0 bridgehead atoms. The Labute approximate surface area is 271 Å². The van der Waals surface area contributed by atoms with Crippen molar-refractivity contribution in [1.29, 1.82) is 0 Å². The van der Waals surface area contributed by atoms with E-state index in [1.54, 1.807) is 9.13 Å². The number of halogens is 6. The number of alkyl halides is 6. The molecule has 0 aliphatic rings. The Morgan fingerprint density at radius 2 is 0.771 bits per heavy atom. The number of hydrogen-bond donors (Lipinski definition) is 0. The summed E-state index contributed by atoms with van der Waals surface area (Å²) in [5, 5.41) is 3.56. The second-order valence-electron chi connectivity index (χ2n) is 12.2. The zero-order chi connectivity index (χ0) is 33.5. The molecule has 0 aliphatic carbocycles. The van der Waals surface area contributed by atoms with Crippen LogP contribution < -0.4 is 0 Å². The van der Waals surface area contributed by atoms with Crippen molar-refractivity contribution < 1.29 is 26.3 Å². The highest BCUT2D eigenvalue weighted by atomic mass is 19.4. The Balaban J connectivity index is 1.45. The van der Waals surface area contributed by atoms with Gasteiger partial charge in [0.15, 0.2) is 0 Å². The van der Waals surface area contributed by atoms with E-state index in [-0.39, 0.29) is 0 Å². The summed E-state index contributed by atoms with van der Waals surface area (Å²) in [6.45, 7) is 3.90. The van der Waals surface area contributed by atoms with Crippen molar-refractivity contribution in [2.45, 2.75) is 26.2 Å². The molecule has 0 amide bonds. The first-order valence-corrected chi connectivity index (χ1v) is 15.3. The van der Waals surface area contributed by atoms with Gasteiger partial charge < -0.3 is 9.13 Å². The number of fused-ring (bicyclic) bond motifs is 6. The first kappa shape index (κ1) is 29.9. The SMILES string of the molecule is Cc1ccc2c(c1)c1ccccc1n2-c1ccc(C(F)(F)F)c(-c2cc(-n3c4ccccc4c4cc(C)ccc43)ccc2C(F)(F)F)c1. The third-order valence-electron chi connectivity index (χ3n) is 9.08. The summed E-state index contributed by atoms with van der Waals surface area (Å²) in [5.74, 6) is 0. The van der Waals surface area contributed by atoms with Crippen molar-refractivity contribution >= 4 is 43.6 Å². The minimum absolute atomic E-state index is 0.318. The topological polar surface area (TPSA) is 9.86 Å². The van der Waals surface area contributed by atoms with Crippen LogP contribution in [0.4, 0.5) is 26.3 Å². The van der Waals surface area contributed by atoms with E-state index in [1.807, 2.05) is 98.8 Å². The quantitative estimate of drug-likeness (QED) is 0.169. The number of aryl methyl sites for hydroxylation is 2. The van der Waals surface area contributed by atoms with Crippen LogP contribution in [0.15, 0.2) is 121 Å². The number of nitrogens with zero attached hydrogens (tertiary/aromatic N) is 2. The van der Waals surface area contributed by atoms with Crippen LogP contribution in [0.5, 0.6) is 0 Å². The van der Waals surface area contributed by atoms with Crippen LogP contribution in [-0.4, -0.2) is 9.13 Å². The average molecular weight is 649 g/mol. The normalized spacial score (nSPS) is 12.6. The lowest BCUT2D eigenvalue weighted by atomic mass is 9.93. The van der Waals surface area contributed by atoms with Gasteiger partial charge in [0, 0.05) is 32.9 Å². The molecule has 8 aromatic rings. The maximum atomic E-state index is 14.7. The molecule has 2 nitrogen and oxygen atoms in total. The molecule has 0 unspecified atom stereocenters. The van der Waals surface area contributed by atoms with Crippen molar-refractivity contribution in [2.75, 3.05) is 0 Å². The Hall–Kier alpha value is -5.50. The van der Waals surface area contributed by atoms with E-state index in [0.717, 1.165) is 66.9 Å². The maximum absolute atomic E-state index is 14.7. The maximum Gasteiger partial charge on any atom is 0.417 e.